The van der Waals surface area contributed by atoms with Crippen LogP contribution in [0.1, 0.15) is 0 Å². The minimum Gasteiger partial charge on any atom is -0.257 e. The highest BCUT2D eigenvalue weighted by atomic mass is 15.2. The lowest BCUT2D eigenvalue weighted by molar-refractivity contribution is 1.09. The Morgan fingerprint density at radius 3 is 1.39 bits per heavy atom. The van der Waals surface area contributed by atoms with E-state index in [2.05, 4.69) is 40.3 Å². The van der Waals surface area contributed by atoms with Crippen LogP contribution < -0.4 is 0 Å². The number of pyridine rings is 2. The van der Waals surface area contributed by atoms with Crippen molar-refractivity contribution in [1.82, 2.24) is 40.3 Å². The molecular weight excluding hydrogens is 352 g/mol. The molecule has 0 bridgehead atoms. The average molecular weight is 366 g/mol. The molecule has 0 amide bonds. The van der Waals surface area contributed by atoms with Gasteiger partial charge in [0.25, 0.3) is 0 Å². The number of aromatic nitrogens is 8. The Balaban J connectivity index is 1.40. The molecule has 4 aromatic heterocycles. The molecule has 8 nitrogen and oxygen atoms in total. The van der Waals surface area contributed by atoms with Crippen molar-refractivity contribution in [3.63, 3.8) is 0 Å². The van der Waals surface area contributed by atoms with Gasteiger partial charge in [-0.25, -0.2) is 9.97 Å². The van der Waals surface area contributed by atoms with Gasteiger partial charge in [0.15, 0.2) is 23.3 Å². The van der Waals surface area contributed by atoms with Crippen LogP contribution in [0.25, 0.3) is 45.8 Å². The lowest BCUT2D eigenvalue weighted by atomic mass is 10.1. The topological polar surface area (TPSA) is 109 Å². The summed E-state index contributed by atoms with van der Waals surface area (Å²) in [6, 6.07) is 19.1. The molecular formula is C20H14N8. The molecule has 28 heavy (non-hydrogen) atoms. The zero-order valence-electron chi connectivity index (χ0n) is 14.6. The van der Waals surface area contributed by atoms with Crippen LogP contribution in [0.2, 0.25) is 0 Å². The van der Waals surface area contributed by atoms with Crippen molar-refractivity contribution in [2.75, 3.05) is 0 Å². The maximum absolute atomic E-state index is 4.52. The lowest BCUT2D eigenvalue weighted by Gasteiger charge is -1.98. The first-order valence-corrected chi connectivity index (χ1v) is 8.65. The summed E-state index contributed by atoms with van der Waals surface area (Å²) in [4.78, 5) is 17.6. The van der Waals surface area contributed by atoms with Crippen LogP contribution in [0.15, 0.2) is 73.1 Å². The van der Waals surface area contributed by atoms with E-state index in [1.54, 1.807) is 12.4 Å². The summed E-state index contributed by atoms with van der Waals surface area (Å²) in [6.07, 6.45) is 3.45. The number of benzene rings is 1. The van der Waals surface area contributed by atoms with Crippen LogP contribution in [0, 0.1) is 0 Å². The summed E-state index contributed by atoms with van der Waals surface area (Å²) >= 11 is 0. The average Bonchev–Trinajstić information content (AvgIpc) is 3.46. The number of nitrogens with zero attached hydrogens (tertiary/aromatic N) is 6. The fourth-order valence-corrected chi connectivity index (χ4v) is 2.78. The summed E-state index contributed by atoms with van der Waals surface area (Å²) in [5.41, 5.74) is 3.28. The summed E-state index contributed by atoms with van der Waals surface area (Å²) < 4.78 is 0. The summed E-state index contributed by atoms with van der Waals surface area (Å²) in [5.74, 6) is 2.48. The van der Waals surface area contributed by atoms with E-state index in [0.29, 0.717) is 23.3 Å². The van der Waals surface area contributed by atoms with Gasteiger partial charge in [-0.15, -0.1) is 0 Å². The van der Waals surface area contributed by atoms with E-state index >= 15 is 0 Å². The lowest BCUT2D eigenvalue weighted by Crippen LogP contribution is -1.85. The molecule has 1 aromatic carbocycles. The smallest absolute Gasteiger partial charge is 0.181 e. The van der Waals surface area contributed by atoms with E-state index in [1.165, 1.54) is 0 Å². The van der Waals surface area contributed by atoms with Gasteiger partial charge in [0.05, 0.1) is 0 Å². The maximum atomic E-state index is 4.52. The zero-order chi connectivity index (χ0) is 18.8. The number of hydrogen-bond donors (Lipinski definition) is 2. The predicted octanol–water partition coefficient (Wildman–Crippen LogP) is 3.38. The summed E-state index contributed by atoms with van der Waals surface area (Å²) in [7, 11) is 0. The molecule has 0 radical (unpaired) electrons. The number of rotatable bonds is 4. The SMILES string of the molecule is c1ccc(-c2nc(-c3ccc(-c4n[nH]c(-c5ccccn5)n4)cc3)n[nH]2)nc1. The molecule has 8 heteroatoms. The number of H-pyrrole nitrogens is 2. The normalized spacial score (nSPS) is 10.9. The van der Waals surface area contributed by atoms with E-state index in [9.17, 15) is 0 Å². The second-order valence-electron chi connectivity index (χ2n) is 6.02. The van der Waals surface area contributed by atoms with E-state index in [0.717, 1.165) is 22.5 Å². The van der Waals surface area contributed by atoms with Gasteiger partial charge in [0.1, 0.15) is 11.4 Å². The standard InChI is InChI=1S/C20H14N8/c1-3-11-21-15(5-1)19-23-17(25-27-19)13-7-9-14(10-8-13)18-24-20(28-26-18)16-6-2-4-12-22-16/h1-12H,(H,23,25,27)(H,24,26,28). The van der Waals surface area contributed by atoms with Crippen molar-refractivity contribution in [3.8, 4) is 45.8 Å². The monoisotopic (exact) mass is 366 g/mol. The first kappa shape index (κ1) is 16.0. The van der Waals surface area contributed by atoms with Crippen molar-refractivity contribution in [3.05, 3.63) is 73.1 Å². The van der Waals surface area contributed by atoms with Gasteiger partial charge in [0.2, 0.25) is 0 Å². The third-order valence-electron chi connectivity index (χ3n) is 4.19. The van der Waals surface area contributed by atoms with Gasteiger partial charge >= 0.3 is 0 Å². The Kier molecular flexibility index (Phi) is 3.91. The molecule has 0 unspecified atom stereocenters. The van der Waals surface area contributed by atoms with Gasteiger partial charge in [-0.2, -0.15) is 10.2 Å². The van der Waals surface area contributed by atoms with Gasteiger partial charge in [0, 0.05) is 23.5 Å². The number of aromatic amines is 2. The second kappa shape index (κ2) is 6.84. The third kappa shape index (κ3) is 3.03. The van der Waals surface area contributed by atoms with E-state index in [1.807, 2.05) is 60.7 Å². The second-order valence-corrected chi connectivity index (χ2v) is 6.02. The Morgan fingerprint density at radius 1 is 0.536 bits per heavy atom. The molecule has 0 saturated carbocycles. The van der Waals surface area contributed by atoms with Crippen molar-refractivity contribution in [2.24, 2.45) is 0 Å². The molecule has 0 atom stereocenters. The molecule has 134 valence electrons. The first-order valence-electron chi connectivity index (χ1n) is 8.65. The van der Waals surface area contributed by atoms with Crippen molar-refractivity contribution in [1.29, 1.82) is 0 Å². The number of nitrogens with one attached hydrogen (secondary N) is 2. The quantitative estimate of drug-likeness (QED) is 0.505. The predicted molar refractivity (Wildman–Crippen MR) is 104 cm³/mol. The van der Waals surface area contributed by atoms with E-state index in [4.69, 9.17) is 0 Å². The summed E-state index contributed by atoms with van der Waals surface area (Å²) in [5, 5.41) is 14.4. The Morgan fingerprint density at radius 2 is 1.00 bits per heavy atom. The van der Waals surface area contributed by atoms with Crippen LogP contribution in [0.5, 0.6) is 0 Å². The van der Waals surface area contributed by atoms with Gasteiger partial charge in [-0.1, -0.05) is 36.4 Å². The molecule has 0 spiro atoms. The Hall–Kier alpha value is -4.20. The highest BCUT2D eigenvalue weighted by Crippen LogP contribution is 2.23. The van der Waals surface area contributed by atoms with Crippen LogP contribution in [-0.2, 0) is 0 Å². The van der Waals surface area contributed by atoms with Crippen LogP contribution in [0.4, 0.5) is 0 Å². The molecule has 0 aliphatic heterocycles. The highest BCUT2D eigenvalue weighted by Gasteiger charge is 2.11. The van der Waals surface area contributed by atoms with Gasteiger partial charge in [-0.05, 0) is 24.3 Å². The van der Waals surface area contributed by atoms with E-state index < -0.39 is 0 Å². The largest absolute Gasteiger partial charge is 0.257 e. The van der Waals surface area contributed by atoms with Crippen LogP contribution >= 0.6 is 0 Å². The Bertz CT molecular complexity index is 1100. The molecule has 5 aromatic rings. The zero-order valence-corrected chi connectivity index (χ0v) is 14.6. The number of hydrogen-bond acceptors (Lipinski definition) is 6. The first-order chi connectivity index (χ1) is 13.9. The fourth-order valence-electron chi connectivity index (χ4n) is 2.78. The Labute approximate surface area is 159 Å². The van der Waals surface area contributed by atoms with Crippen molar-refractivity contribution < 1.29 is 0 Å². The fraction of sp³-hybridized carbons (Fsp3) is 0. The van der Waals surface area contributed by atoms with Crippen molar-refractivity contribution >= 4 is 0 Å². The van der Waals surface area contributed by atoms with Gasteiger partial charge in [-0.3, -0.25) is 20.2 Å². The van der Waals surface area contributed by atoms with Crippen LogP contribution in [-0.4, -0.2) is 40.3 Å². The molecule has 4 heterocycles. The van der Waals surface area contributed by atoms with Crippen LogP contribution in [0.3, 0.4) is 0 Å². The molecule has 0 aliphatic rings. The maximum Gasteiger partial charge on any atom is 0.181 e. The van der Waals surface area contributed by atoms with E-state index in [-0.39, 0.29) is 0 Å². The molecule has 0 saturated heterocycles. The van der Waals surface area contributed by atoms with Gasteiger partial charge < -0.3 is 0 Å². The van der Waals surface area contributed by atoms with Crippen molar-refractivity contribution in [2.45, 2.75) is 0 Å². The molecule has 2 N–H and O–H groups in total. The minimum atomic E-state index is 0.608. The molecule has 5 rings (SSSR count). The third-order valence-corrected chi connectivity index (χ3v) is 4.19. The molecule has 0 fully saturated rings. The highest BCUT2D eigenvalue weighted by molar-refractivity contribution is 5.65. The molecule has 0 aliphatic carbocycles. The summed E-state index contributed by atoms with van der Waals surface area (Å²) in [6.45, 7) is 0. The minimum absolute atomic E-state index is 0.608.